The summed E-state index contributed by atoms with van der Waals surface area (Å²) in [5, 5.41) is 10.7. The third-order valence-electron chi connectivity index (χ3n) is 2.19. The molecule has 0 aromatic carbocycles. The molecule has 0 atom stereocenters. The lowest BCUT2D eigenvalue weighted by Crippen LogP contribution is -2.11. The Morgan fingerprint density at radius 2 is 2.35 bits per heavy atom. The highest BCUT2D eigenvalue weighted by Gasteiger charge is 2.20. The van der Waals surface area contributed by atoms with E-state index in [1.807, 2.05) is 6.08 Å². The highest BCUT2D eigenvalue weighted by atomic mass is 16.6. The van der Waals surface area contributed by atoms with Crippen LogP contribution >= 0.6 is 0 Å². The number of carbonyl (C=O) groups excluding carboxylic acids is 1. The fraction of sp³-hybridized carbons (Fsp3) is 0.545. The van der Waals surface area contributed by atoms with Gasteiger partial charge in [-0.3, -0.25) is 14.9 Å². The standard InChI is InChI=1S/C11H15NO5/c1-2-16-11(13)7-8-17-10-6-4-3-5-9(10)12(14)15/h4,6H,2-3,5,7-8H2,1H3. The second-order valence-corrected chi connectivity index (χ2v) is 3.41. The predicted molar refractivity (Wildman–Crippen MR) is 59.6 cm³/mol. The molecule has 0 N–H and O–H groups in total. The zero-order valence-corrected chi connectivity index (χ0v) is 9.68. The van der Waals surface area contributed by atoms with Gasteiger partial charge in [0.15, 0.2) is 5.76 Å². The van der Waals surface area contributed by atoms with Crippen molar-refractivity contribution in [1.82, 2.24) is 0 Å². The fourth-order valence-corrected chi connectivity index (χ4v) is 1.42. The van der Waals surface area contributed by atoms with Crippen molar-refractivity contribution >= 4 is 5.97 Å². The van der Waals surface area contributed by atoms with Crippen LogP contribution in [0.3, 0.4) is 0 Å². The summed E-state index contributed by atoms with van der Waals surface area (Å²) in [6, 6.07) is 0. The summed E-state index contributed by atoms with van der Waals surface area (Å²) >= 11 is 0. The van der Waals surface area contributed by atoms with Gasteiger partial charge in [-0.15, -0.1) is 0 Å². The van der Waals surface area contributed by atoms with Crippen LogP contribution in [-0.4, -0.2) is 24.1 Å². The molecule has 0 unspecified atom stereocenters. The molecule has 0 heterocycles. The van der Waals surface area contributed by atoms with Gasteiger partial charge in [0.1, 0.15) is 0 Å². The second-order valence-electron chi connectivity index (χ2n) is 3.41. The van der Waals surface area contributed by atoms with E-state index in [-0.39, 0.29) is 30.5 Å². The number of carbonyl (C=O) groups is 1. The maximum absolute atomic E-state index is 11.0. The Kier molecular flexibility index (Phi) is 5.19. The van der Waals surface area contributed by atoms with Gasteiger partial charge in [-0.05, 0) is 19.4 Å². The zero-order chi connectivity index (χ0) is 12.7. The van der Waals surface area contributed by atoms with E-state index in [0.29, 0.717) is 19.4 Å². The number of ether oxygens (including phenoxy) is 2. The smallest absolute Gasteiger partial charge is 0.309 e. The molecule has 0 radical (unpaired) electrons. The third-order valence-corrected chi connectivity index (χ3v) is 2.19. The summed E-state index contributed by atoms with van der Waals surface area (Å²) in [6.07, 6.45) is 4.48. The summed E-state index contributed by atoms with van der Waals surface area (Å²) in [4.78, 5) is 21.3. The quantitative estimate of drug-likeness (QED) is 0.402. The first-order valence-corrected chi connectivity index (χ1v) is 5.47. The van der Waals surface area contributed by atoms with Gasteiger partial charge < -0.3 is 9.47 Å². The summed E-state index contributed by atoms with van der Waals surface area (Å²) in [5.74, 6) is -0.124. The molecule has 1 aliphatic carbocycles. The van der Waals surface area contributed by atoms with Crippen molar-refractivity contribution in [3.8, 4) is 0 Å². The normalized spacial score (nSPS) is 14.6. The fourth-order valence-electron chi connectivity index (χ4n) is 1.42. The van der Waals surface area contributed by atoms with Gasteiger partial charge in [0.25, 0.3) is 5.70 Å². The van der Waals surface area contributed by atoms with Crippen molar-refractivity contribution in [3.05, 3.63) is 33.7 Å². The Morgan fingerprint density at radius 1 is 1.59 bits per heavy atom. The molecule has 0 aliphatic heterocycles. The Balaban J connectivity index is 2.46. The molecule has 0 saturated carbocycles. The largest absolute Gasteiger partial charge is 0.486 e. The molecule has 0 saturated heterocycles. The first-order chi connectivity index (χ1) is 8.15. The number of nitro groups is 1. The van der Waals surface area contributed by atoms with Crippen molar-refractivity contribution in [3.63, 3.8) is 0 Å². The van der Waals surface area contributed by atoms with Crippen LogP contribution < -0.4 is 0 Å². The number of esters is 1. The van der Waals surface area contributed by atoms with Crippen molar-refractivity contribution in [1.29, 1.82) is 0 Å². The molecule has 0 fully saturated rings. The van der Waals surface area contributed by atoms with Crippen LogP contribution in [0.4, 0.5) is 0 Å². The van der Waals surface area contributed by atoms with Crippen molar-refractivity contribution < 1.29 is 19.2 Å². The van der Waals surface area contributed by atoms with E-state index in [9.17, 15) is 14.9 Å². The van der Waals surface area contributed by atoms with Gasteiger partial charge in [0, 0.05) is 6.42 Å². The van der Waals surface area contributed by atoms with Gasteiger partial charge in [0.2, 0.25) is 0 Å². The zero-order valence-electron chi connectivity index (χ0n) is 9.68. The molecule has 0 aromatic rings. The predicted octanol–water partition coefficient (Wildman–Crippen LogP) is 1.79. The summed E-state index contributed by atoms with van der Waals surface area (Å²) in [5.41, 5.74) is 0.0661. The van der Waals surface area contributed by atoms with Crippen LogP contribution in [0.25, 0.3) is 0 Å². The highest BCUT2D eigenvalue weighted by molar-refractivity contribution is 5.69. The SMILES string of the molecule is CCOC(=O)CCOC1=C([N+](=O)[O-])CCC=C1. The topological polar surface area (TPSA) is 78.7 Å². The number of allylic oxidation sites excluding steroid dienone is 3. The summed E-state index contributed by atoms with van der Waals surface area (Å²) < 4.78 is 9.94. The number of hydrogen-bond acceptors (Lipinski definition) is 5. The van der Waals surface area contributed by atoms with E-state index in [4.69, 9.17) is 9.47 Å². The van der Waals surface area contributed by atoms with E-state index >= 15 is 0 Å². The van der Waals surface area contributed by atoms with Crippen LogP contribution in [0, 0.1) is 10.1 Å². The molecule has 1 rings (SSSR count). The minimum atomic E-state index is -0.441. The average Bonchev–Trinajstić information content (AvgIpc) is 2.30. The van der Waals surface area contributed by atoms with E-state index in [1.54, 1.807) is 13.0 Å². The maximum Gasteiger partial charge on any atom is 0.309 e. The second kappa shape index (κ2) is 6.67. The van der Waals surface area contributed by atoms with Gasteiger partial charge in [-0.2, -0.15) is 0 Å². The highest BCUT2D eigenvalue weighted by Crippen LogP contribution is 2.20. The molecule has 1 aliphatic rings. The Hall–Kier alpha value is -1.85. The van der Waals surface area contributed by atoms with Crippen LogP contribution in [0.2, 0.25) is 0 Å². The Bertz CT molecular complexity index is 359. The lowest BCUT2D eigenvalue weighted by atomic mass is 10.1. The Labute approximate surface area is 99.0 Å². The number of nitrogens with zero attached hydrogens (tertiary/aromatic N) is 1. The minimum absolute atomic E-state index is 0.0661. The number of hydrogen-bond donors (Lipinski definition) is 0. The van der Waals surface area contributed by atoms with Gasteiger partial charge >= 0.3 is 5.97 Å². The molecule has 0 spiro atoms. The average molecular weight is 241 g/mol. The molecule has 0 amide bonds. The van der Waals surface area contributed by atoms with E-state index < -0.39 is 4.92 Å². The first-order valence-electron chi connectivity index (χ1n) is 5.47. The maximum atomic E-state index is 11.0. The molecule has 6 heteroatoms. The van der Waals surface area contributed by atoms with Crippen molar-refractivity contribution in [2.24, 2.45) is 0 Å². The molecule has 94 valence electrons. The minimum Gasteiger partial charge on any atom is -0.486 e. The molecule has 0 bridgehead atoms. The molecule has 0 aromatic heterocycles. The monoisotopic (exact) mass is 241 g/mol. The van der Waals surface area contributed by atoms with E-state index in [0.717, 1.165) is 0 Å². The molecular weight excluding hydrogens is 226 g/mol. The van der Waals surface area contributed by atoms with Crippen LogP contribution in [-0.2, 0) is 14.3 Å². The molecule has 6 nitrogen and oxygen atoms in total. The van der Waals surface area contributed by atoms with Crippen LogP contribution in [0.1, 0.15) is 26.2 Å². The molecular formula is C11H15NO5. The summed E-state index contributed by atoms with van der Waals surface area (Å²) in [6.45, 7) is 2.13. The summed E-state index contributed by atoms with van der Waals surface area (Å²) in [7, 11) is 0. The first kappa shape index (κ1) is 13.2. The van der Waals surface area contributed by atoms with Crippen molar-refractivity contribution in [2.75, 3.05) is 13.2 Å². The lowest BCUT2D eigenvalue weighted by molar-refractivity contribution is -0.431. The van der Waals surface area contributed by atoms with Gasteiger partial charge in [-0.25, -0.2) is 0 Å². The van der Waals surface area contributed by atoms with E-state index in [1.165, 1.54) is 0 Å². The number of rotatable bonds is 6. The van der Waals surface area contributed by atoms with Crippen LogP contribution in [0.5, 0.6) is 0 Å². The lowest BCUT2D eigenvalue weighted by Gasteiger charge is -2.10. The third kappa shape index (κ3) is 4.26. The van der Waals surface area contributed by atoms with Gasteiger partial charge in [-0.1, -0.05) is 6.08 Å². The van der Waals surface area contributed by atoms with Crippen molar-refractivity contribution in [2.45, 2.75) is 26.2 Å². The Morgan fingerprint density at radius 3 is 3.00 bits per heavy atom. The van der Waals surface area contributed by atoms with Gasteiger partial charge in [0.05, 0.1) is 24.6 Å². The molecule has 17 heavy (non-hydrogen) atoms. The van der Waals surface area contributed by atoms with Crippen LogP contribution in [0.15, 0.2) is 23.6 Å². The van der Waals surface area contributed by atoms with E-state index in [2.05, 4.69) is 0 Å².